The summed E-state index contributed by atoms with van der Waals surface area (Å²) >= 11 is 0. The van der Waals surface area contributed by atoms with E-state index in [0.717, 1.165) is 0 Å². The second-order valence-corrected chi connectivity index (χ2v) is 4.45. The van der Waals surface area contributed by atoms with Gasteiger partial charge in [0.2, 0.25) is 0 Å². The first-order valence-electron chi connectivity index (χ1n) is 6.29. The average Bonchev–Trinajstić information content (AvgIpc) is 3.12. The summed E-state index contributed by atoms with van der Waals surface area (Å²) in [5, 5.41) is 0. The number of nitrogens with zero attached hydrogens (tertiary/aromatic N) is 2. The number of rotatable bonds is 1. The van der Waals surface area contributed by atoms with Gasteiger partial charge in [-0.05, 0) is 18.2 Å². The van der Waals surface area contributed by atoms with Crippen LogP contribution in [0, 0.1) is 6.92 Å². The maximum absolute atomic E-state index is 11.8. The van der Waals surface area contributed by atoms with Crippen LogP contribution in [0.3, 0.4) is 0 Å². The van der Waals surface area contributed by atoms with Gasteiger partial charge in [-0.1, -0.05) is 0 Å². The van der Waals surface area contributed by atoms with E-state index in [1.165, 1.54) is 9.13 Å². The van der Waals surface area contributed by atoms with E-state index in [1.54, 1.807) is 44.4 Å². The van der Waals surface area contributed by atoms with Gasteiger partial charge in [0.25, 0.3) is 5.69 Å². The van der Waals surface area contributed by atoms with Gasteiger partial charge in [0.1, 0.15) is 0 Å². The minimum absolute atomic E-state index is 0. The van der Waals surface area contributed by atoms with Crippen molar-refractivity contribution < 1.29 is 17.1 Å². The van der Waals surface area contributed by atoms with E-state index in [4.69, 9.17) is 0 Å². The van der Waals surface area contributed by atoms with Crippen LogP contribution in [0.4, 0.5) is 0 Å². The molecule has 21 heavy (non-hydrogen) atoms. The molecule has 0 saturated carbocycles. The largest absolute Gasteiger partial charge is 2.00 e. The third-order valence-electron chi connectivity index (χ3n) is 2.88. The maximum Gasteiger partial charge on any atom is 2.00 e. The molecule has 0 radical (unpaired) electrons. The molecular formula is C16H16FeN2O2. The molecule has 2 aromatic carbocycles. The van der Waals surface area contributed by atoms with Gasteiger partial charge < -0.3 is 13.9 Å². The molecule has 0 aliphatic heterocycles. The summed E-state index contributed by atoms with van der Waals surface area (Å²) in [5.41, 5.74) is 0.587. The van der Waals surface area contributed by atoms with Crippen molar-refractivity contribution in [2.75, 3.05) is 0 Å². The van der Waals surface area contributed by atoms with E-state index < -0.39 is 0 Å². The molecule has 3 aromatic rings. The molecule has 4 nitrogen and oxygen atoms in total. The zero-order valence-corrected chi connectivity index (χ0v) is 12.9. The topological polar surface area (TPSA) is 44.0 Å². The van der Waals surface area contributed by atoms with Crippen molar-refractivity contribution in [2.45, 2.75) is 6.92 Å². The third kappa shape index (κ3) is 3.94. The van der Waals surface area contributed by atoms with E-state index in [-0.39, 0.29) is 28.3 Å². The molecule has 0 N–H and O–H groups in total. The minimum atomic E-state index is -0.322. The number of hydrogen-bond acceptors (Lipinski definition) is 2. The first-order chi connectivity index (χ1) is 9.61. The van der Waals surface area contributed by atoms with Crippen molar-refractivity contribution in [3.8, 4) is 5.69 Å². The van der Waals surface area contributed by atoms with Crippen LogP contribution in [0.25, 0.3) is 5.69 Å². The first-order valence-corrected chi connectivity index (χ1v) is 6.29. The Morgan fingerprint density at radius 1 is 1.05 bits per heavy atom. The summed E-state index contributed by atoms with van der Waals surface area (Å²) in [6.07, 6.45) is 1.55. The Bertz CT molecular complexity index is 714. The van der Waals surface area contributed by atoms with Crippen LogP contribution >= 0.6 is 0 Å². The first kappa shape index (κ1) is 17.0. The molecule has 0 amide bonds. The zero-order chi connectivity index (χ0) is 14.5. The molecule has 5 heteroatoms. The Morgan fingerprint density at radius 3 is 2.10 bits per heavy atom. The average molecular weight is 324 g/mol. The SMILES string of the molecule is Cc1cn(C)c(=O)n(-[c-]2cccc2)c1=O.[Fe+2].c1cc[cH-]c1. The molecule has 3 rings (SSSR count). The predicted octanol–water partition coefficient (Wildman–Crippen LogP) is 1.97. The molecule has 0 saturated heterocycles. The molecule has 110 valence electrons. The van der Waals surface area contributed by atoms with Crippen LogP contribution in [0.5, 0.6) is 0 Å². The van der Waals surface area contributed by atoms with Gasteiger partial charge in [-0.2, -0.15) is 30.3 Å². The van der Waals surface area contributed by atoms with Crippen molar-refractivity contribution in [3.05, 3.63) is 87.2 Å². The molecule has 0 bridgehead atoms. The van der Waals surface area contributed by atoms with Gasteiger partial charge in [0.05, 0.1) is 0 Å². The van der Waals surface area contributed by atoms with E-state index in [9.17, 15) is 9.59 Å². The van der Waals surface area contributed by atoms with E-state index in [0.29, 0.717) is 11.3 Å². The normalized spacial score (nSPS) is 9.43. The van der Waals surface area contributed by atoms with Gasteiger partial charge >= 0.3 is 17.1 Å². The number of hydrogen-bond donors (Lipinski definition) is 0. The van der Waals surface area contributed by atoms with Crippen LogP contribution in [-0.4, -0.2) is 9.13 Å². The standard InChI is InChI=1S/C11H11N2O2.C5H5.Fe/c1-8-7-12(2)11(15)13(10(8)14)9-5-3-4-6-9;1-2-4-5-3-1;/h3-7H,1-2H3;1-5H;/q2*-1;+2. The van der Waals surface area contributed by atoms with Crippen molar-refractivity contribution in [1.82, 2.24) is 9.13 Å². The number of aryl methyl sites for hydroxylation is 2. The van der Waals surface area contributed by atoms with Gasteiger partial charge in [-0.3, -0.25) is 4.79 Å². The second-order valence-electron chi connectivity index (χ2n) is 4.45. The summed E-state index contributed by atoms with van der Waals surface area (Å²) in [5.74, 6) is 0. The maximum atomic E-state index is 11.8. The predicted molar refractivity (Wildman–Crippen MR) is 79.6 cm³/mol. The van der Waals surface area contributed by atoms with Crippen LogP contribution in [0.15, 0.2) is 70.4 Å². The Morgan fingerprint density at radius 2 is 1.62 bits per heavy atom. The Hall–Kier alpha value is -2.10. The second kappa shape index (κ2) is 7.62. The van der Waals surface area contributed by atoms with Crippen molar-refractivity contribution in [1.29, 1.82) is 0 Å². The summed E-state index contributed by atoms with van der Waals surface area (Å²) < 4.78 is 2.58. The van der Waals surface area contributed by atoms with Crippen molar-refractivity contribution in [2.24, 2.45) is 7.05 Å². The zero-order valence-electron chi connectivity index (χ0n) is 11.8. The molecular weight excluding hydrogens is 308 g/mol. The fourth-order valence-corrected chi connectivity index (χ4v) is 1.88. The molecule has 1 aromatic heterocycles. The fourth-order valence-electron chi connectivity index (χ4n) is 1.88. The summed E-state index contributed by atoms with van der Waals surface area (Å²) in [4.78, 5) is 23.6. The summed E-state index contributed by atoms with van der Waals surface area (Å²) in [7, 11) is 1.63. The van der Waals surface area contributed by atoms with Crippen LogP contribution in [0.1, 0.15) is 5.56 Å². The molecule has 1 heterocycles. The summed E-state index contributed by atoms with van der Waals surface area (Å²) in [6.45, 7) is 1.70. The Kier molecular flexibility index (Phi) is 6.15. The number of aromatic nitrogens is 2. The van der Waals surface area contributed by atoms with E-state index in [1.807, 2.05) is 30.3 Å². The molecule has 0 spiro atoms. The van der Waals surface area contributed by atoms with Gasteiger partial charge in [-0.15, -0.1) is 12.1 Å². The smallest absolute Gasteiger partial charge is 0.335 e. The van der Waals surface area contributed by atoms with Crippen LogP contribution < -0.4 is 11.2 Å². The van der Waals surface area contributed by atoms with Crippen LogP contribution in [0.2, 0.25) is 0 Å². The Labute approximate surface area is 133 Å². The summed E-state index contributed by atoms with van der Waals surface area (Å²) in [6, 6.07) is 17.1. The molecule has 0 atom stereocenters. The van der Waals surface area contributed by atoms with Gasteiger partial charge in [0, 0.05) is 13.2 Å². The molecule has 0 aliphatic carbocycles. The quantitative estimate of drug-likeness (QED) is 0.507. The Balaban J connectivity index is 0.000000313. The minimum Gasteiger partial charge on any atom is -0.335 e. The van der Waals surface area contributed by atoms with Gasteiger partial charge in [-0.25, -0.2) is 12.1 Å². The molecule has 0 unspecified atom stereocenters. The van der Waals surface area contributed by atoms with Crippen molar-refractivity contribution in [3.63, 3.8) is 0 Å². The van der Waals surface area contributed by atoms with E-state index in [2.05, 4.69) is 0 Å². The monoisotopic (exact) mass is 324 g/mol. The molecule has 0 fully saturated rings. The third-order valence-corrected chi connectivity index (χ3v) is 2.88. The van der Waals surface area contributed by atoms with Crippen LogP contribution in [-0.2, 0) is 24.1 Å². The molecule has 0 aliphatic rings. The van der Waals surface area contributed by atoms with Gasteiger partial charge in [0.15, 0.2) is 5.56 Å². The fraction of sp³-hybridized carbons (Fsp3) is 0.125. The van der Waals surface area contributed by atoms with E-state index >= 15 is 0 Å². The van der Waals surface area contributed by atoms with Crippen molar-refractivity contribution >= 4 is 0 Å².